The van der Waals surface area contributed by atoms with Gasteiger partial charge >= 0.3 is 0 Å². The van der Waals surface area contributed by atoms with Gasteiger partial charge in [-0.25, -0.2) is 0 Å². The van der Waals surface area contributed by atoms with Crippen LogP contribution >= 0.6 is 11.6 Å². The summed E-state index contributed by atoms with van der Waals surface area (Å²) in [6.45, 7) is 3.19. The standard InChI is InChI=1S/C22H27ClN4O3/c1-25(2)9-3-10-26-13-16(12-20(26)28)22(29)27-11-8-18-19(14-27)24-30-21(18)15-4-6-17(23)7-5-15/h4-7,16H,3,8-14H2,1-2H3. The van der Waals surface area contributed by atoms with Crippen molar-refractivity contribution in [2.75, 3.05) is 40.3 Å². The van der Waals surface area contributed by atoms with Gasteiger partial charge in [-0.05, 0) is 57.7 Å². The zero-order chi connectivity index (χ0) is 21.3. The molecule has 0 radical (unpaired) electrons. The Balaban J connectivity index is 1.38. The number of carbonyl (C=O) groups is 2. The van der Waals surface area contributed by atoms with E-state index in [0.717, 1.165) is 35.5 Å². The van der Waals surface area contributed by atoms with Gasteiger partial charge in [0.05, 0.1) is 12.5 Å². The van der Waals surface area contributed by atoms with Crippen LogP contribution < -0.4 is 0 Å². The summed E-state index contributed by atoms with van der Waals surface area (Å²) in [7, 11) is 4.04. The van der Waals surface area contributed by atoms with Gasteiger partial charge in [-0.3, -0.25) is 9.59 Å². The molecule has 0 spiro atoms. The van der Waals surface area contributed by atoms with Crippen molar-refractivity contribution in [3.05, 3.63) is 40.5 Å². The average molecular weight is 431 g/mol. The van der Waals surface area contributed by atoms with E-state index in [0.29, 0.717) is 44.0 Å². The zero-order valence-corrected chi connectivity index (χ0v) is 18.2. The second kappa shape index (κ2) is 8.78. The molecule has 1 atom stereocenters. The van der Waals surface area contributed by atoms with Crippen LogP contribution in [0.4, 0.5) is 0 Å². The number of likely N-dealkylation sites (tertiary alicyclic amines) is 1. The number of nitrogens with zero attached hydrogens (tertiary/aromatic N) is 4. The van der Waals surface area contributed by atoms with Gasteiger partial charge in [-0.1, -0.05) is 16.8 Å². The quantitative estimate of drug-likeness (QED) is 0.704. The van der Waals surface area contributed by atoms with E-state index in [1.54, 1.807) is 0 Å². The Bertz CT molecular complexity index is 925. The minimum absolute atomic E-state index is 0.0418. The van der Waals surface area contributed by atoms with Gasteiger partial charge in [0.2, 0.25) is 11.8 Å². The number of fused-ring (bicyclic) bond motifs is 1. The van der Waals surface area contributed by atoms with Crippen LogP contribution in [0.5, 0.6) is 0 Å². The zero-order valence-electron chi connectivity index (χ0n) is 17.4. The first-order valence-electron chi connectivity index (χ1n) is 10.4. The first-order chi connectivity index (χ1) is 14.4. The molecule has 1 aromatic carbocycles. The Labute approximate surface area is 181 Å². The van der Waals surface area contributed by atoms with Crippen LogP contribution in [0.15, 0.2) is 28.8 Å². The van der Waals surface area contributed by atoms with Crippen molar-refractivity contribution in [3.63, 3.8) is 0 Å². The van der Waals surface area contributed by atoms with Crippen molar-refractivity contribution in [1.82, 2.24) is 19.9 Å². The largest absolute Gasteiger partial charge is 0.356 e. The van der Waals surface area contributed by atoms with Crippen molar-refractivity contribution in [2.24, 2.45) is 5.92 Å². The molecule has 2 aliphatic rings. The Kier molecular flexibility index (Phi) is 6.11. The monoisotopic (exact) mass is 430 g/mol. The van der Waals surface area contributed by atoms with E-state index in [1.165, 1.54) is 0 Å². The Morgan fingerprint density at radius 1 is 1.30 bits per heavy atom. The Morgan fingerprint density at radius 2 is 2.07 bits per heavy atom. The lowest BCUT2D eigenvalue weighted by atomic mass is 9.99. The Hall–Kier alpha value is -2.38. The van der Waals surface area contributed by atoms with Crippen LogP contribution in [0.3, 0.4) is 0 Å². The predicted molar refractivity (Wildman–Crippen MR) is 114 cm³/mol. The highest BCUT2D eigenvalue weighted by atomic mass is 35.5. The molecule has 2 aliphatic heterocycles. The lowest BCUT2D eigenvalue weighted by molar-refractivity contribution is -0.136. The van der Waals surface area contributed by atoms with Crippen LogP contribution in [0.25, 0.3) is 11.3 Å². The molecule has 1 aromatic heterocycles. The van der Waals surface area contributed by atoms with Crippen molar-refractivity contribution < 1.29 is 14.1 Å². The number of hydrogen-bond acceptors (Lipinski definition) is 5. The molecule has 30 heavy (non-hydrogen) atoms. The number of halogens is 1. The summed E-state index contributed by atoms with van der Waals surface area (Å²) in [6, 6.07) is 7.48. The summed E-state index contributed by atoms with van der Waals surface area (Å²) in [5.41, 5.74) is 2.78. The molecule has 7 nitrogen and oxygen atoms in total. The van der Waals surface area contributed by atoms with Crippen molar-refractivity contribution in [1.29, 1.82) is 0 Å². The van der Waals surface area contributed by atoms with Crippen molar-refractivity contribution in [2.45, 2.75) is 25.8 Å². The molecule has 3 heterocycles. The fourth-order valence-electron chi connectivity index (χ4n) is 4.24. The lowest BCUT2D eigenvalue weighted by Crippen LogP contribution is -2.40. The second-order valence-corrected chi connectivity index (χ2v) is 8.79. The van der Waals surface area contributed by atoms with Crippen molar-refractivity contribution >= 4 is 23.4 Å². The fraction of sp³-hybridized carbons (Fsp3) is 0.500. The van der Waals surface area contributed by atoms with E-state index < -0.39 is 0 Å². The molecule has 2 amide bonds. The summed E-state index contributed by atoms with van der Waals surface area (Å²) in [6.07, 6.45) is 1.91. The highest BCUT2D eigenvalue weighted by Gasteiger charge is 2.38. The Morgan fingerprint density at radius 3 is 2.80 bits per heavy atom. The molecule has 0 saturated carbocycles. The summed E-state index contributed by atoms with van der Waals surface area (Å²) in [4.78, 5) is 31.1. The van der Waals surface area contributed by atoms with Gasteiger partial charge in [0.1, 0.15) is 5.69 Å². The van der Waals surface area contributed by atoms with Gasteiger partial charge in [-0.2, -0.15) is 0 Å². The van der Waals surface area contributed by atoms with Crippen LogP contribution in [-0.4, -0.2) is 71.9 Å². The third-order valence-electron chi connectivity index (χ3n) is 5.86. The predicted octanol–water partition coefficient (Wildman–Crippen LogP) is 2.68. The summed E-state index contributed by atoms with van der Waals surface area (Å²) < 4.78 is 5.60. The maximum Gasteiger partial charge on any atom is 0.228 e. The van der Waals surface area contributed by atoms with Crippen LogP contribution in [-0.2, 0) is 22.6 Å². The van der Waals surface area contributed by atoms with E-state index in [2.05, 4.69) is 10.1 Å². The molecule has 0 aliphatic carbocycles. The molecule has 8 heteroatoms. The molecule has 1 saturated heterocycles. The average Bonchev–Trinajstić information content (AvgIpc) is 3.31. The fourth-order valence-corrected chi connectivity index (χ4v) is 4.36. The molecule has 4 rings (SSSR count). The number of amides is 2. The minimum atomic E-state index is -0.263. The maximum absolute atomic E-state index is 13.1. The maximum atomic E-state index is 13.1. The third-order valence-corrected chi connectivity index (χ3v) is 6.11. The molecular formula is C22H27ClN4O3. The number of carbonyl (C=O) groups excluding carboxylic acids is 2. The van der Waals surface area contributed by atoms with Crippen LogP contribution in [0.1, 0.15) is 24.1 Å². The van der Waals surface area contributed by atoms with Gasteiger partial charge in [0, 0.05) is 42.2 Å². The van der Waals surface area contributed by atoms with E-state index in [1.807, 2.05) is 48.2 Å². The van der Waals surface area contributed by atoms with Gasteiger partial charge in [0.25, 0.3) is 0 Å². The second-order valence-electron chi connectivity index (χ2n) is 8.35. The molecule has 2 aromatic rings. The van der Waals surface area contributed by atoms with Gasteiger partial charge < -0.3 is 19.2 Å². The SMILES string of the molecule is CN(C)CCCN1CC(C(=O)N2CCc3c(noc3-c3ccc(Cl)cc3)C2)CC1=O. The van der Waals surface area contributed by atoms with E-state index >= 15 is 0 Å². The normalized spacial score (nSPS) is 18.9. The third kappa shape index (κ3) is 4.37. The minimum Gasteiger partial charge on any atom is -0.356 e. The molecule has 0 N–H and O–H groups in total. The lowest BCUT2D eigenvalue weighted by Gasteiger charge is -2.28. The highest BCUT2D eigenvalue weighted by Crippen LogP contribution is 2.32. The van der Waals surface area contributed by atoms with Crippen LogP contribution in [0, 0.1) is 5.92 Å². The molecule has 1 fully saturated rings. The van der Waals surface area contributed by atoms with Crippen LogP contribution in [0.2, 0.25) is 5.02 Å². The summed E-state index contributed by atoms with van der Waals surface area (Å²) >= 11 is 5.98. The smallest absolute Gasteiger partial charge is 0.228 e. The van der Waals surface area contributed by atoms with Gasteiger partial charge in [0.15, 0.2) is 5.76 Å². The topological polar surface area (TPSA) is 69.9 Å². The number of hydrogen-bond donors (Lipinski definition) is 0. The molecular weight excluding hydrogens is 404 g/mol. The van der Waals surface area contributed by atoms with E-state index in [4.69, 9.17) is 16.1 Å². The van der Waals surface area contributed by atoms with E-state index in [9.17, 15) is 9.59 Å². The first kappa shape index (κ1) is 20.9. The summed E-state index contributed by atoms with van der Waals surface area (Å²) in [5, 5.41) is 4.89. The number of benzene rings is 1. The molecule has 0 bridgehead atoms. The number of aromatic nitrogens is 1. The summed E-state index contributed by atoms with van der Waals surface area (Å²) in [5.74, 6) is 0.606. The van der Waals surface area contributed by atoms with E-state index in [-0.39, 0.29) is 17.7 Å². The highest BCUT2D eigenvalue weighted by molar-refractivity contribution is 6.30. The molecule has 1 unspecified atom stereocenters. The van der Waals surface area contributed by atoms with Crippen molar-refractivity contribution in [3.8, 4) is 11.3 Å². The number of rotatable bonds is 6. The first-order valence-corrected chi connectivity index (χ1v) is 10.7. The van der Waals surface area contributed by atoms with Gasteiger partial charge in [-0.15, -0.1) is 0 Å². The molecule has 160 valence electrons.